The molecule has 0 fully saturated rings. The molecule has 2 rings (SSSR count). The maximum Gasteiger partial charge on any atom is 0.237 e. The van der Waals surface area contributed by atoms with Gasteiger partial charge in [0, 0.05) is 17.1 Å². The van der Waals surface area contributed by atoms with Crippen LogP contribution in [-0.2, 0) is 22.1 Å². The topological polar surface area (TPSA) is 72.2 Å². The van der Waals surface area contributed by atoms with Gasteiger partial charge >= 0.3 is 0 Å². The van der Waals surface area contributed by atoms with Crippen molar-refractivity contribution in [2.24, 2.45) is 5.73 Å². The second-order valence-corrected chi connectivity index (χ2v) is 6.17. The van der Waals surface area contributed by atoms with E-state index in [1.807, 2.05) is 43.3 Å². The van der Waals surface area contributed by atoms with Gasteiger partial charge in [0.1, 0.15) is 5.75 Å². The van der Waals surface area contributed by atoms with Crippen molar-refractivity contribution in [3.05, 3.63) is 59.7 Å². The Labute approximate surface area is 126 Å². The van der Waals surface area contributed by atoms with E-state index in [0.717, 1.165) is 11.1 Å². The van der Waals surface area contributed by atoms with Gasteiger partial charge in [0.25, 0.3) is 0 Å². The van der Waals surface area contributed by atoms with Gasteiger partial charge in [-0.15, -0.1) is 0 Å². The SMILES string of the molecule is Cc1cccc(S(=O)CC(=O)Nc2ccccc2CN)c1. The molecule has 0 aliphatic rings. The van der Waals surface area contributed by atoms with Crippen LogP contribution in [-0.4, -0.2) is 15.9 Å². The van der Waals surface area contributed by atoms with Crippen molar-refractivity contribution in [3.8, 4) is 0 Å². The van der Waals surface area contributed by atoms with Gasteiger partial charge in [0.05, 0.1) is 10.8 Å². The zero-order valence-electron chi connectivity index (χ0n) is 11.8. The molecule has 0 aliphatic carbocycles. The van der Waals surface area contributed by atoms with Crippen molar-refractivity contribution in [2.75, 3.05) is 11.1 Å². The summed E-state index contributed by atoms with van der Waals surface area (Å²) in [5, 5.41) is 2.76. The monoisotopic (exact) mass is 302 g/mol. The molecule has 0 bridgehead atoms. The number of amides is 1. The van der Waals surface area contributed by atoms with Crippen molar-refractivity contribution in [1.29, 1.82) is 0 Å². The Hall–Kier alpha value is -1.98. The molecule has 0 aromatic heterocycles. The molecule has 1 atom stereocenters. The molecule has 0 saturated carbocycles. The average molecular weight is 302 g/mol. The van der Waals surface area contributed by atoms with Gasteiger partial charge in [-0.3, -0.25) is 9.00 Å². The average Bonchev–Trinajstić information content (AvgIpc) is 2.47. The second-order valence-electron chi connectivity index (χ2n) is 4.72. The largest absolute Gasteiger partial charge is 0.326 e. The number of nitrogens with two attached hydrogens (primary N) is 1. The Morgan fingerprint density at radius 2 is 1.95 bits per heavy atom. The second kappa shape index (κ2) is 7.15. The molecular formula is C16H18N2O2S. The van der Waals surface area contributed by atoms with E-state index >= 15 is 0 Å². The molecule has 0 aliphatic heterocycles. The smallest absolute Gasteiger partial charge is 0.237 e. The van der Waals surface area contributed by atoms with Gasteiger partial charge in [-0.05, 0) is 36.2 Å². The summed E-state index contributed by atoms with van der Waals surface area (Å²) in [5.74, 6) is -0.349. The third kappa shape index (κ3) is 4.24. The highest BCUT2D eigenvalue weighted by Crippen LogP contribution is 2.15. The first-order chi connectivity index (χ1) is 10.1. The molecular weight excluding hydrogens is 284 g/mol. The van der Waals surface area contributed by atoms with Crippen molar-refractivity contribution in [3.63, 3.8) is 0 Å². The Morgan fingerprint density at radius 3 is 2.67 bits per heavy atom. The van der Waals surface area contributed by atoms with Gasteiger partial charge in [-0.25, -0.2) is 0 Å². The van der Waals surface area contributed by atoms with Gasteiger partial charge in [0.15, 0.2) is 0 Å². The zero-order chi connectivity index (χ0) is 15.2. The highest BCUT2D eigenvalue weighted by Gasteiger charge is 2.11. The molecule has 2 aromatic rings. The van der Waals surface area contributed by atoms with Crippen molar-refractivity contribution in [1.82, 2.24) is 0 Å². The molecule has 1 amide bonds. The minimum absolute atomic E-state index is 0.0671. The van der Waals surface area contributed by atoms with Crippen molar-refractivity contribution < 1.29 is 9.00 Å². The number of aryl methyl sites for hydroxylation is 1. The molecule has 0 heterocycles. The quantitative estimate of drug-likeness (QED) is 0.889. The molecule has 0 radical (unpaired) electrons. The van der Waals surface area contributed by atoms with Crippen LogP contribution in [0.15, 0.2) is 53.4 Å². The summed E-state index contributed by atoms with van der Waals surface area (Å²) >= 11 is 0. The number of benzene rings is 2. The predicted octanol–water partition coefficient (Wildman–Crippen LogP) is 2.20. The molecule has 21 heavy (non-hydrogen) atoms. The van der Waals surface area contributed by atoms with Gasteiger partial charge in [-0.1, -0.05) is 30.3 Å². The summed E-state index contributed by atoms with van der Waals surface area (Å²) in [6.45, 7) is 2.27. The minimum Gasteiger partial charge on any atom is -0.326 e. The van der Waals surface area contributed by atoms with E-state index in [1.54, 1.807) is 12.1 Å². The normalized spacial score (nSPS) is 11.9. The van der Waals surface area contributed by atoms with Crippen molar-refractivity contribution >= 4 is 22.4 Å². The molecule has 5 heteroatoms. The van der Waals surface area contributed by atoms with E-state index in [-0.39, 0.29) is 11.7 Å². The number of anilines is 1. The summed E-state index contributed by atoms with van der Waals surface area (Å²) in [6.07, 6.45) is 0. The first-order valence-electron chi connectivity index (χ1n) is 6.63. The molecule has 4 nitrogen and oxygen atoms in total. The number of hydrogen-bond donors (Lipinski definition) is 2. The summed E-state index contributed by atoms with van der Waals surface area (Å²) in [6, 6.07) is 14.7. The third-order valence-corrected chi connectivity index (χ3v) is 4.33. The highest BCUT2D eigenvalue weighted by molar-refractivity contribution is 7.85. The van der Waals surface area contributed by atoms with E-state index in [0.29, 0.717) is 17.1 Å². The summed E-state index contributed by atoms with van der Waals surface area (Å²) in [7, 11) is -1.35. The number of nitrogens with one attached hydrogen (secondary N) is 1. The lowest BCUT2D eigenvalue weighted by Crippen LogP contribution is -2.20. The van der Waals surface area contributed by atoms with E-state index in [1.165, 1.54) is 0 Å². The van der Waals surface area contributed by atoms with Crippen LogP contribution in [0.3, 0.4) is 0 Å². The summed E-state index contributed by atoms with van der Waals surface area (Å²) in [5.41, 5.74) is 8.17. The number of para-hydroxylation sites is 1. The van der Waals surface area contributed by atoms with Crippen LogP contribution in [0.4, 0.5) is 5.69 Å². The standard InChI is InChI=1S/C16H18N2O2S/c1-12-5-4-7-14(9-12)21(20)11-16(19)18-15-8-3-2-6-13(15)10-17/h2-9H,10-11,17H2,1H3,(H,18,19). The Kier molecular flexibility index (Phi) is 5.25. The third-order valence-electron chi connectivity index (χ3n) is 3.03. The zero-order valence-corrected chi connectivity index (χ0v) is 12.7. The first-order valence-corrected chi connectivity index (χ1v) is 7.95. The number of carbonyl (C=O) groups is 1. The lowest BCUT2D eigenvalue weighted by atomic mass is 10.2. The van der Waals surface area contributed by atoms with Crippen molar-refractivity contribution in [2.45, 2.75) is 18.4 Å². The molecule has 0 spiro atoms. The van der Waals surface area contributed by atoms with Crippen LogP contribution in [0.2, 0.25) is 0 Å². The lowest BCUT2D eigenvalue weighted by molar-refractivity contribution is -0.113. The minimum atomic E-state index is -1.35. The number of carbonyl (C=O) groups excluding carboxylic acids is 1. The van der Waals surface area contributed by atoms with Crippen LogP contribution in [0.5, 0.6) is 0 Å². The fourth-order valence-electron chi connectivity index (χ4n) is 1.97. The molecule has 2 aromatic carbocycles. The van der Waals surface area contributed by atoms with E-state index in [2.05, 4.69) is 5.32 Å². The van der Waals surface area contributed by atoms with E-state index < -0.39 is 10.8 Å². The van der Waals surface area contributed by atoms with Crippen LogP contribution < -0.4 is 11.1 Å². The van der Waals surface area contributed by atoms with E-state index in [9.17, 15) is 9.00 Å². The summed E-state index contributed by atoms with van der Waals surface area (Å²) in [4.78, 5) is 12.7. The number of rotatable bonds is 5. The van der Waals surface area contributed by atoms with Crippen LogP contribution in [0.1, 0.15) is 11.1 Å². The van der Waals surface area contributed by atoms with Gasteiger partial charge in [-0.2, -0.15) is 0 Å². The fourth-order valence-corrected chi connectivity index (χ4v) is 2.99. The summed E-state index contributed by atoms with van der Waals surface area (Å²) < 4.78 is 12.2. The van der Waals surface area contributed by atoms with Crippen LogP contribution in [0.25, 0.3) is 0 Å². The van der Waals surface area contributed by atoms with Gasteiger partial charge in [0.2, 0.25) is 5.91 Å². The Bertz CT molecular complexity index is 671. The fraction of sp³-hybridized carbons (Fsp3) is 0.188. The lowest BCUT2D eigenvalue weighted by Gasteiger charge is -2.09. The number of hydrogen-bond acceptors (Lipinski definition) is 3. The van der Waals surface area contributed by atoms with Gasteiger partial charge < -0.3 is 11.1 Å². The molecule has 0 saturated heterocycles. The van der Waals surface area contributed by atoms with Crippen LogP contribution >= 0.6 is 0 Å². The predicted molar refractivity (Wildman–Crippen MR) is 85.4 cm³/mol. The Morgan fingerprint density at radius 1 is 1.19 bits per heavy atom. The Balaban J connectivity index is 2.03. The first kappa shape index (κ1) is 15.4. The maximum absolute atomic E-state index is 12.2. The highest BCUT2D eigenvalue weighted by atomic mass is 32.2. The van der Waals surface area contributed by atoms with E-state index in [4.69, 9.17) is 5.73 Å². The van der Waals surface area contributed by atoms with Crippen LogP contribution in [0, 0.1) is 6.92 Å². The molecule has 110 valence electrons. The molecule has 3 N–H and O–H groups in total. The molecule has 1 unspecified atom stereocenters. The maximum atomic E-state index is 12.2.